The lowest BCUT2D eigenvalue weighted by atomic mass is 9.99. The maximum absolute atomic E-state index is 12.8. The summed E-state index contributed by atoms with van der Waals surface area (Å²) in [6, 6.07) is 24.0. The first-order chi connectivity index (χ1) is 14.7. The molecule has 3 aromatic carbocycles. The van der Waals surface area contributed by atoms with Gasteiger partial charge in [-0.1, -0.05) is 54.6 Å². The summed E-state index contributed by atoms with van der Waals surface area (Å²) in [5.41, 5.74) is 6.47. The average Bonchev–Trinajstić information content (AvgIpc) is 3.44. The molecule has 3 aromatic rings. The number of ether oxygens (including phenoxy) is 2. The van der Waals surface area contributed by atoms with Crippen LogP contribution in [0.3, 0.4) is 0 Å². The number of benzene rings is 3. The second-order valence-corrected chi connectivity index (χ2v) is 7.67. The highest BCUT2D eigenvalue weighted by atomic mass is 16.5. The van der Waals surface area contributed by atoms with Crippen LogP contribution in [0, 0.1) is 0 Å². The van der Waals surface area contributed by atoms with Crippen LogP contribution in [0.1, 0.15) is 28.7 Å². The molecule has 0 fully saturated rings. The summed E-state index contributed by atoms with van der Waals surface area (Å²) in [5.74, 6) is 1.77. The third-order valence-electron chi connectivity index (χ3n) is 5.53. The Kier molecular flexibility index (Phi) is 5.04. The standard InChI is InChI=1S/C27H22O3/c28-27(14-19-9-10-23-17-29-18-24(23)13-19)22-12-11-21(15-22)20-5-4-8-26(16-20)30-25-6-2-1-3-7-25/h1-11,13,15-16H,12,14,17-18H2. The molecule has 1 aliphatic heterocycles. The molecule has 0 amide bonds. The molecule has 0 aromatic heterocycles. The van der Waals surface area contributed by atoms with E-state index in [0.717, 1.165) is 33.8 Å². The van der Waals surface area contributed by atoms with Crippen LogP contribution in [-0.2, 0) is 29.2 Å². The molecule has 3 heteroatoms. The maximum Gasteiger partial charge on any atom is 0.163 e. The Morgan fingerprint density at radius 3 is 2.60 bits per heavy atom. The largest absolute Gasteiger partial charge is 0.457 e. The van der Waals surface area contributed by atoms with Gasteiger partial charge in [0.25, 0.3) is 0 Å². The van der Waals surface area contributed by atoms with E-state index in [2.05, 4.69) is 18.2 Å². The van der Waals surface area contributed by atoms with Crippen LogP contribution in [0.4, 0.5) is 0 Å². The number of para-hydroxylation sites is 1. The molecule has 0 radical (unpaired) electrons. The molecule has 148 valence electrons. The molecular weight excluding hydrogens is 372 g/mol. The third-order valence-corrected chi connectivity index (χ3v) is 5.53. The Balaban J connectivity index is 1.28. The Morgan fingerprint density at radius 2 is 1.70 bits per heavy atom. The monoisotopic (exact) mass is 394 g/mol. The third kappa shape index (κ3) is 3.98. The van der Waals surface area contributed by atoms with E-state index < -0.39 is 0 Å². The van der Waals surface area contributed by atoms with Crippen molar-refractivity contribution in [2.24, 2.45) is 0 Å². The van der Waals surface area contributed by atoms with Gasteiger partial charge in [-0.05, 0) is 70.2 Å². The Bertz CT molecular complexity index is 1160. The van der Waals surface area contributed by atoms with Crippen molar-refractivity contribution in [2.75, 3.05) is 0 Å². The second kappa shape index (κ2) is 8.13. The highest BCUT2D eigenvalue weighted by molar-refractivity contribution is 6.01. The van der Waals surface area contributed by atoms with Crippen molar-refractivity contribution in [3.63, 3.8) is 0 Å². The summed E-state index contributed by atoms with van der Waals surface area (Å²) in [6.07, 6.45) is 5.23. The smallest absolute Gasteiger partial charge is 0.163 e. The van der Waals surface area contributed by atoms with Gasteiger partial charge in [0, 0.05) is 6.42 Å². The molecule has 2 aliphatic rings. The summed E-state index contributed by atoms with van der Waals surface area (Å²) in [5, 5.41) is 0. The summed E-state index contributed by atoms with van der Waals surface area (Å²) >= 11 is 0. The fourth-order valence-corrected chi connectivity index (χ4v) is 3.92. The van der Waals surface area contributed by atoms with Crippen LogP contribution in [0.15, 0.2) is 90.5 Å². The number of hydrogen-bond donors (Lipinski definition) is 0. The molecule has 0 bridgehead atoms. The van der Waals surface area contributed by atoms with Crippen molar-refractivity contribution in [3.8, 4) is 11.5 Å². The second-order valence-electron chi connectivity index (χ2n) is 7.67. The number of allylic oxidation sites excluding steroid dienone is 4. The van der Waals surface area contributed by atoms with E-state index in [1.54, 1.807) is 0 Å². The van der Waals surface area contributed by atoms with Crippen molar-refractivity contribution < 1.29 is 14.3 Å². The fourth-order valence-electron chi connectivity index (χ4n) is 3.92. The fraction of sp³-hybridized carbons (Fsp3) is 0.148. The van der Waals surface area contributed by atoms with Gasteiger partial charge < -0.3 is 9.47 Å². The van der Waals surface area contributed by atoms with Gasteiger partial charge >= 0.3 is 0 Å². The van der Waals surface area contributed by atoms with Gasteiger partial charge in [-0.15, -0.1) is 0 Å². The summed E-state index contributed by atoms with van der Waals surface area (Å²) < 4.78 is 11.4. The molecule has 0 saturated carbocycles. The first-order valence-electron chi connectivity index (χ1n) is 10.2. The van der Waals surface area contributed by atoms with Crippen LogP contribution in [0.2, 0.25) is 0 Å². The van der Waals surface area contributed by atoms with Gasteiger partial charge in [0.2, 0.25) is 0 Å². The first-order valence-corrected chi connectivity index (χ1v) is 10.2. The van der Waals surface area contributed by atoms with Crippen LogP contribution >= 0.6 is 0 Å². The van der Waals surface area contributed by atoms with Gasteiger partial charge in [0.15, 0.2) is 5.78 Å². The van der Waals surface area contributed by atoms with Gasteiger partial charge in [-0.3, -0.25) is 4.79 Å². The van der Waals surface area contributed by atoms with E-state index in [0.29, 0.717) is 26.1 Å². The molecule has 30 heavy (non-hydrogen) atoms. The minimum atomic E-state index is 0.178. The molecule has 0 N–H and O–H groups in total. The number of fused-ring (bicyclic) bond motifs is 1. The normalized spacial score (nSPS) is 14.8. The number of rotatable bonds is 6. The van der Waals surface area contributed by atoms with Crippen molar-refractivity contribution in [1.82, 2.24) is 0 Å². The quantitative estimate of drug-likeness (QED) is 0.512. The summed E-state index contributed by atoms with van der Waals surface area (Å²) in [6.45, 7) is 1.32. The Labute approximate surface area is 176 Å². The van der Waals surface area contributed by atoms with E-state index >= 15 is 0 Å². The van der Waals surface area contributed by atoms with E-state index in [-0.39, 0.29) is 5.78 Å². The zero-order chi connectivity index (χ0) is 20.3. The van der Waals surface area contributed by atoms with E-state index in [1.165, 1.54) is 11.1 Å². The minimum Gasteiger partial charge on any atom is -0.457 e. The Morgan fingerprint density at radius 1 is 0.867 bits per heavy atom. The average molecular weight is 394 g/mol. The molecule has 1 aliphatic carbocycles. The maximum atomic E-state index is 12.8. The molecule has 0 saturated heterocycles. The van der Waals surface area contributed by atoms with Gasteiger partial charge in [-0.2, -0.15) is 0 Å². The number of carbonyl (C=O) groups is 1. The summed E-state index contributed by atoms with van der Waals surface area (Å²) in [4.78, 5) is 12.8. The lowest BCUT2D eigenvalue weighted by Gasteiger charge is -2.07. The molecule has 3 nitrogen and oxygen atoms in total. The topological polar surface area (TPSA) is 35.5 Å². The minimum absolute atomic E-state index is 0.178. The van der Waals surface area contributed by atoms with Gasteiger partial charge in [-0.25, -0.2) is 0 Å². The number of hydrogen-bond acceptors (Lipinski definition) is 3. The van der Waals surface area contributed by atoms with Crippen LogP contribution in [-0.4, -0.2) is 5.78 Å². The van der Waals surface area contributed by atoms with Crippen LogP contribution in [0.25, 0.3) is 5.57 Å². The van der Waals surface area contributed by atoms with Crippen LogP contribution in [0.5, 0.6) is 11.5 Å². The van der Waals surface area contributed by atoms with Crippen molar-refractivity contribution >= 4 is 11.4 Å². The molecule has 0 atom stereocenters. The van der Waals surface area contributed by atoms with Gasteiger partial charge in [0.1, 0.15) is 11.5 Å². The first kappa shape index (κ1) is 18.6. The zero-order valence-corrected chi connectivity index (χ0v) is 16.6. The van der Waals surface area contributed by atoms with Crippen molar-refractivity contribution in [3.05, 3.63) is 113 Å². The van der Waals surface area contributed by atoms with Crippen LogP contribution < -0.4 is 4.74 Å². The summed E-state index contributed by atoms with van der Waals surface area (Å²) in [7, 11) is 0. The zero-order valence-electron chi connectivity index (χ0n) is 16.6. The molecule has 0 unspecified atom stereocenters. The molecule has 5 rings (SSSR count). The van der Waals surface area contributed by atoms with Crippen molar-refractivity contribution in [2.45, 2.75) is 26.1 Å². The van der Waals surface area contributed by atoms with E-state index in [1.807, 2.05) is 66.7 Å². The molecule has 1 heterocycles. The van der Waals surface area contributed by atoms with E-state index in [4.69, 9.17) is 9.47 Å². The highest BCUT2D eigenvalue weighted by Gasteiger charge is 2.18. The number of Topliss-reactive ketones (excluding diaryl/α,β-unsaturated/α-hetero) is 1. The number of carbonyl (C=O) groups excluding carboxylic acids is 1. The van der Waals surface area contributed by atoms with E-state index in [9.17, 15) is 4.79 Å². The van der Waals surface area contributed by atoms with Crippen molar-refractivity contribution in [1.29, 1.82) is 0 Å². The predicted octanol–water partition coefficient (Wildman–Crippen LogP) is 6.03. The Hall–Kier alpha value is -3.43. The SMILES string of the molecule is O=C(Cc1ccc2c(c1)COC2)C1=CC(c2cccc(Oc3ccccc3)c2)=CC1. The number of ketones is 1. The highest BCUT2D eigenvalue weighted by Crippen LogP contribution is 2.31. The lowest BCUT2D eigenvalue weighted by Crippen LogP contribution is -2.05. The predicted molar refractivity (Wildman–Crippen MR) is 117 cm³/mol. The van der Waals surface area contributed by atoms with Gasteiger partial charge in [0.05, 0.1) is 13.2 Å². The molecular formula is C27H22O3. The lowest BCUT2D eigenvalue weighted by molar-refractivity contribution is -0.115. The molecule has 0 spiro atoms.